The van der Waals surface area contributed by atoms with Crippen LogP contribution in [-0.4, -0.2) is 37.2 Å². The number of nitrogens with zero attached hydrogens (tertiary/aromatic N) is 2. The molecule has 1 aliphatic heterocycles. The monoisotopic (exact) mass is 372 g/mol. The molecule has 146 valence electrons. The smallest absolute Gasteiger partial charge is 0.410 e. The first-order valence-corrected chi connectivity index (χ1v) is 9.81. The number of carbonyl (C=O) groups is 1. The number of piperidine rings is 1. The molecule has 1 amide bonds. The summed E-state index contributed by atoms with van der Waals surface area (Å²) in [5, 5.41) is 0.796. The number of anilines is 1. The number of hydrogen-bond donors (Lipinski definition) is 0. The van der Waals surface area contributed by atoms with Gasteiger partial charge in [0.1, 0.15) is 11.7 Å². The molecule has 0 N–H and O–H groups in total. The Kier molecular flexibility index (Phi) is 6.04. The summed E-state index contributed by atoms with van der Waals surface area (Å²) >= 11 is 0. The van der Waals surface area contributed by atoms with Crippen molar-refractivity contribution in [3.8, 4) is 0 Å². The Hall–Kier alpha value is -2.50. The molecule has 0 radical (unpaired) electrons. The predicted molar refractivity (Wildman–Crippen MR) is 106 cm³/mol. The van der Waals surface area contributed by atoms with Crippen LogP contribution in [0.2, 0.25) is 0 Å². The van der Waals surface area contributed by atoms with Gasteiger partial charge in [-0.15, -0.1) is 0 Å². The van der Waals surface area contributed by atoms with Crippen LogP contribution < -0.4 is 10.5 Å². The molecule has 1 aromatic carbocycles. The molecular formula is C21H28N2O4. The maximum Gasteiger partial charge on any atom is 0.410 e. The van der Waals surface area contributed by atoms with Gasteiger partial charge >= 0.3 is 11.7 Å². The fourth-order valence-electron chi connectivity index (χ4n) is 3.66. The average molecular weight is 372 g/mol. The van der Waals surface area contributed by atoms with Gasteiger partial charge in [-0.25, -0.2) is 9.59 Å². The van der Waals surface area contributed by atoms with Crippen LogP contribution in [0.25, 0.3) is 11.0 Å². The van der Waals surface area contributed by atoms with E-state index in [1.54, 1.807) is 11.8 Å². The number of hydrogen-bond acceptors (Lipinski definition) is 5. The summed E-state index contributed by atoms with van der Waals surface area (Å²) in [5.74, 6) is 0. The lowest BCUT2D eigenvalue weighted by molar-refractivity contribution is 0.0646. The minimum atomic E-state index is -0.523. The molecule has 6 nitrogen and oxygen atoms in total. The van der Waals surface area contributed by atoms with Crippen LogP contribution in [0, 0.1) is 0 Å². The molecule has 2 aromatic rings. The lowest BCUT2D eigenvalue weighted by Crippen LogP contribution is -2.36. The van der Waals surface area contributed by atoms with Crippen molar-refractivity contribution in [3.05, 3.63) is 40.2 Å². The molecule has 1 atom stereocenters. The van der Waals surface area contributed by atoms with Gasteiger partial charge < -0.3 is 19.0 Å². The molecule has 2 heterocycles. The van der Waals surface area contributed by atoms with Crippen molar-refractivity contribution < 1.29 is 13.9 Å². The SMILES string of the molecule is CCN(CC)c1ccc2c(C(C)OC(=O)N3CCCCC3)cc(=O)oc2c1. The zero-order valence-electron chi connectivity index (χ0n) is 16.4. The highest BCUT2D eigenvalue weighted by Gasteiger charge is 2.22. The summed E-state index contributed by atoms with van der Waals surface area (Å²) in [7, 11) is 0. The quantitative estimate of drug-likeness (QED) is 0.731. The molecule has 0 saturated carbocycles. The molecule has 6 heteroatoms. The Labute approximate surface area is 159 Å². The number of fused-ring (bicyclic) bond motifs is 1. The van der Waals surface area contributed by atoms with Gasteiger partial charge in [0.25, 0.3) is 0 Å². The van der Waals surface area contributed by atoms with Crippen LogP contribution in [-0.2, 0) is 4.74 Å². The zero-order chi connectivity index (χ0) is 19.4. The van der Waals surface area contributed by atoms with Gasteiger partial charge in [0.05, 0.1) is 0 Å². The zero-order valence-corrected chi connectivity index (χ0v) is 16.4. The number of carbonyl (C=O) groups excluding carboxylic acids is 1. The molecule has 3 rings (SSSR count). The van der Waals surface area contributed by atoms with E-state index in [-0.39, 0.29) is 6.09 Å². The van der Waals surface area contributed by atoms with E-state index in [4.69, 9.17) is 9.15 Å². The van der Waals surface area contributed by atoms with Gasteiger partial charge in [-0.3, -0.25) is 0 Å². The second-order valence-corrected chi connectivity index (χ2v) is 6.95. The highest BCUT2D eigenvalue weighted by Crippen LogP contribution is 2.29. The summed E-state index contributed by atoms with van der Waals surface area (Å²) in [6, 6.07) is 7.25. The van der Waals surface area contributed by atoms with E-state index in [1.807, 2.05) is 18.2 Å². The van der Waals surface area contributed by atoms with Crippen LogP contribution in [0.5, 0.6) is 0 Å². The number of likely N-dealkylation sites (tertiary alicyclic amines) is 1. The molecule has 1 aliphatic rings. The van der Waals surface area contributed by atoms with Crippen LogP contribution in [0.3, 0.4) is 0 Å². The fraction of sp³-hybridized carbons (Fsp3) is 0.524. The Morgan fingerprint density at radius 1 is 1.19 bits per heavy atom. The van der Waals surface area contributed by atoms with Crippen molar-refractivity contribution in [2.75, 3.05) is 31.1 Å². The highest BCUT2D eigenvalue weighted by atomic mass is 16.6. The maximum absolute atomic E-state index is 12.4. The number of benzene rings is 1. The maximum atomic E-state index is 12.4. The molecule has 1 saturated heterocycles. The minimum absolute atomic E-state index is 0.316. The van der Waals surface area contributed by atoms with Crippen molar-refractivity contribution in [3.63, 3.8) is 0 Å². The van der Waals surface area contributed by atoms with Crippen LogP contribution in [0.4, 0.5) is 10.5 Å². The molecule has 1 aromatic heterocycles. The molecule has 1 unspecified atom stereocenters. The number of amides is 1. The third-order valence-electron chi connectivity index (χ3n) is 5.22. The van der Waals surface area contributed by atoms with Crippen LogP contribution >= 0.6 is 0 Å². The second kappa shape index (κ2) is 8.46. The van der Waals surface area contributed by atoms with Gasteiger partial charge in [-0.2, -0.15) is 0 Å². The third-order valence-corrected chi connectivity index (χ3v) is 5.22. The fourth-order valence-corrected chi connectivity index (χ4v) is 3.66. The van der Waals surface area contributed by atoms with E-state index in [0.29, 0.717) is 11.1 Å². The van der Waals surface area contributed by atoms with Crippen molar-refractivity contribution in [1.29, 1.82) is 0 Å². The van der Waals surface area contributed by atoms with Gasteiger partial charge in [0.2, 0.25) is 0 Å². The Bertz CT molecular complexity index is 851. The van der Waals surface area contributed by atoms with Crippen molar-refractivity contribution in [2.45, 2.75) is 46.1 Å². The van der Waals surface area contributed by atoms with E-state index in [2.05, 4.69) is 18.7 Å². The van der Waals surface area contributed by atoms with Crippen molar-refractivity contribution in [1.82, 2.24) is 4.90 Å². The molecular weight excluding hydrogens is 344 g/mol. The van der Waals surface area contributed by atoms with Gasteiger partial charge in [-0.05, 0) is 52.2 Å². The Morgan fingerprint density at radius 3 is 2.56 bits per heavy atom. The summed E-state index contributed by atoms with van der Waals surface area (Å²) in [5.41, 5.74) is 1.77. The molecule has 27 heavy (non-hydrogen) atoms. The summed E-state index contributed by atoms with van der Waals surface area (Å²) in [6.07, 6.45) is 2.33. The minimum Gasteiger partial charge on any atom is -0.441 e. The highest BCUT2D eigenvalue weighted by molar-refractivity contribution is 5.84. The van der Waals surface area contributed by atoms with Crippen LogP contribution in [0.15, 0.2) is 33.5 Å². The van der Waals surface area contributed by atoms with E-state index in [9.17, 15) is 9.59 Å². The molecule has 1 fully saturated rings. The van der Waals surface area contributed by atoms with E-state index >= 15 is 0 Å². The Balaban J connectivity index is 1.88. The van der Waals surface area contributed by atoms with Gasteiger partial charge in [0.15, 0.2) is 0 Å². The summed E-state index contributed by atoms with van der Waals surface area (Å²) in [4.78, 5) is 28.4. The van der Waals surface area contributed by atoms with Crippen molar-refractivity contribution in [2.24, 2.45) is 0 Å². The average Bonchev–Trinajstić information content (AvgIpc) is 2.68. The first kappa shape index (κ1) is 19.3. The second-order valence-electron chi connectivity index (χ2n) is 6.95. The largest absolute Gasteiger partial charge is 0.441 e. The molecule has 0 spiro atoms. The molecule has 0 aliphatic carbocycles. The third kappa shape index (κ3) is 4.26. The van der Waals surface area contributed by atoms with Gasteiger partial charge in [0, 0.05) is 54.9 Å². The van der Waals surface area contributed by atoms with Crippen molar-refractivity contribution >= 4 is 22.7 Å². The number of ether oxygens (including phenoxy) is 1. The summed E-state index contributed by atoms with van der Waals surface area (Å²) in [6.45, 7) is 9.18. The normalized spacial score (nSPS) is 15.6. The lowest BCUT2D eigenvalue weighted by Gasteiger charge is -2.27. The first-order valence-electron chi connectivity index (χ1n) is 9.81. The predicted octanol–water partition coefficient (Wildman–Crippen LogP) is 4.32. The van der Waals surface area contributed by atoms with E-state index in [1.165, 1.54) is 6.07 Å². The lowest BCUT2D eigenvalue weighted by atomic mass is 10.1. The van der Waals surface area contributed by atoms with Gasteiger partial charge in [-0.1, -0.05) is 0 Å². The standard InChI is InChI=1S/C21H28N2O4/c1-4-22(5-2)16-9-10-17-18(14-20(24)27-19(17)13-16)15(3)26-21(25)23-11-7-6-8-12-23/h9-10,13-15H,4-8,11-12H2,1-3H3. The van der Waals surface area contributed by atoms with E-state index in [0.717, 1.165) is 56.5 Å². The Morgan fingerprint density at radius 2 is 1.89 bits per heavy atom. The van der Waals surface area contributed by atoms with Crippen LogP contribution in [0.1, 0.15) is 51.7 Å². The number of rotatable bonds is 5. The summed E-state index contributed by atoms with van der Waals surface area (Å²) < 4.78 is 11.1. The molecule has 0 bridgehead atoms. The van der Waals surface area contributed by atoms with E-state index < -0.39 is 11.7 Å². The first-order chi connectivity index (χ1) is 13.0. The topological polar surface area (TPSA) is 63.0 Å².